The summed E-state index contributed by atoms with van der Waals surface area (Å²) >= 11 is 0. The number of anilines is 1. The van der Waals surface area contributed by atoms with E-state index in [1.807, 2.05) is 19.3 Å². The molecule has 1 N–H and O–H groups in total. The summed E-state index contributed by atoms with van der Waals surface area (Å²) in [5, 5.41) is 3.02. The number of nitrogens with one attached hydrogen (secondary N) is 1. The van der Waals surface area contributed by atoms with Crippen molar-refractivity contribution < 1.29 is 4.74 Å². The molecule has 0 atom stereocenters. The van der Waals surface area contributed by atoms with Crippen LogP contribution in [0.25, 0.3) is 0 Å². The smallest absolute Gasteiger partial charge is 0.125 e. The summed E-state index contributed by atoms with van der Waals surface area (Å²) in [5.74, 6) is 1.77. The van der Waals surface area contributed by atoms with Gasteiger partial charge in [-0.05, 0) is 37.4 Å². The van der Waals surface area contributed by atoms with Crippen LogP contribution in [0.15, 0.2) is 18.3 Å². The van der Waals surface area contributed by atoms with Gasteiger partial charge in [-0.2, -0.15) is 0 Å². The molecule has 1 saturated carbocycles. The maximum atomic E-state index is 5.64. The molecule has 1 aliphatic carbocycles. The second kappa shape index (κ2) is 6.71. The minimum atomic E-state index is 0.828. The van der Waals surface area contributed by atoms with Crippen molar-refractivity contribution in [2.45, 2.75) is 19.4 Å². The number of nitrogens with zero attached hydrogens (tertiary/aromatic N) is 2. The van der Waals surface area contributed by atoms with E-state index in [9.17, 15) is 0 Å². The number of likely N-dealkylation sites (N-methyl/N-ethyl adjacent to an activating group) is 1. The van der Waals surface area contributed by atoms with Gasteiger partial charge < -0.3 is 10.1 Å². The van der Waals surface area contributed by atoms with E-state index in [-0.39, 0.29) is 0 Å². The monoisotopic (exact) mass is 249 g/mol. The Hall–Kier alpha value is -1.13. The molecule has 4 nitrogen and oxygen atoms in total. The molecule has 0 spiro atoms. The zero-order valence-corrected chi connectivity index (χ0v) is 11.4. The van der Waals surface area contributed by atoms with Crippen molar-refractivity contribution in [2.24, 2.45) is 5.92 Å². The van der Waals surface area contributed by atoms with Crippen molar-refractivity contribution in [2.75, 3.05) is 39.2 Å². The van der Waals surface area contributed by atoms with Gasteiger partial charge in [-0.3, -0.25) is 4.90 Å². The van der Waals surface area contributed by atoms with E-state index in [4.69, 9.17) is 4.74 Å². The maximum Gasteiger partial charge on any atom is 0.125 e. The van der Waals surface area contributed by atoms with Crippen LogP contribution in [0.3, 0.4) is 0 Å². The zero-order chi connectivity index (χ0) is 12.8. The molecule has 1 aromatic heterocycles. The summed E-state index contributed by atoms with van der Waals surface area (Å²) in [5.41, 5.74) is 1.23. The molecule has 100 valence electrons. The Balaban J connectivity index is 1.63. The topological polar surface area (TPSA) is 37.4 Å². The first-order valence-electron chi connectivity index (χ1n) is 6.67. The fourth-order valence-electron chi connectivity index (χ4n) is 1.81. The van der Waals surface area contributed by atoms with Crippen molar-refractivity contribution in [3.05, 3.63) is 23.9 Å². The Bertz CT molecular complexity index is 349. The van der Waals surface area contributed by atoms with Crippen LogP contribution in [0, 0.1) is 5.92 Å². The summed E-state index contributed by atoms with van der Waals surface area (Å²) in [6.45, 7) is 3.67. The Morgan fingerprint density at radius 2 is 2.28 bits per heavy atom. The normalized spacial score (nSPS) is 15.1. The van der Waals surface area contributed by atoms with Gasteiger partial charge in [0.25, 0.3) is 0 Å². The zero-order valence-electron chi connectivity index (χ0n) is 11.4. The molecular formula is C14H23N3O. The lowest BCUT2D eigenvalue weighted by Crippen LogP contribution is -2.23. The van der Waals surface area contributed by atoms with Crippen LogP contribution < -0.4 is 5.32 Å². The number of ether oxygens (including phenoxy) is 1. The quantitative estimate of drug-likeness (QED) is 0.715. The van der Waals surface area contributed by atoms with E-state index >= 15 is 0 Å². The third-order valence-corrected chi connectivity index (χ3v) is 3.20. The van der Waals surface area contributed by atoms with Crippen LogP contribution in [0.1, 0.15) is 18.4 Å². The van der Waals surface area contributed by atoms with Gasteiger partial charge in [0.15, 0.2) is 0 Å². The fraction of sp³-hybridized carbons (Fsp3) is 0.643. The van der Waals surface area contributed by atoms with Gasteiger partial charge in [0.1, 0.15) is 5.82 Å². The average Bonchev–Trinajstić information content (AvgIpc) is 3.20. The summed E-state index contributed by atoms with van der Waals surface area (Å²) in [7, 11) is 4.00. The molecule has 0 unspecified atom stereocenters. The molecule has 0 saturated heterocycles. The first-order valence-corrected chi connectivity index (χ1v) is 6.67. The van der Waals surface area contributed by atoms with Crippen LogP contribution in [0.4, 0.5) is 5.82 Å². The van der Waals surface area contributed by atoms with E-state index in [0.717, 1.165) is 38.0 Å². The molecule has 0 amide bonds. The third kappa shape index (κ3) is 4.63. The molecule has 1 heterocycles. The highest BCUT2D eigenvalue weighted by molar-refractivity contribution is 5.34. The Labute approximate surface area is 109 Å². The van der Waals surface area contributed by atoms with Crippen molar-refractivity contribution in [3.8, 4) is 0 Å². The van der Waals surface area contributed by atoms with Gasteiger partial charge in [-0.25, -0.2) is 4.98 Å². The van der Waals surface area contributed by atoms with Gasteiger partial charge in [-0.15, -0.1) is 0 Å². The first kappa shape index (κ1) is 13.3. The Kier molecular flexibility index (Phi) is 4.96. The molecule has 0 radical (unpaired) electrons. The SMILES string of the molecule is CNc1ccc(CN(C)CCOCC2CC2)cn1. The summed E-state index contributed by atoms with van der Waals surface area (Å²) < 4.78 is 5.64. The molecule has 4 heteroatoms. The predicted molar refractivity (Wildman–Crippen MR) is 73.7 cm³/mol. The molecule has 1 aromatic rings. The lowest BCUT2D eigenvalue weighted by atomic mass is 10.2. The largest absolute Gasteiger partial charge is 0.380 e. The average molecular weight is 249 g/mol. The molecule has 1 aliphatic rings. The van der Waals surface area contributed by atoms with Gasteiger partial charge in [0, 0.05) is 32.9 Å². The highest BCUT2D eigenvalue weighted by atomic mass is 16.5. The highest BCUT2D eigenvalue weighted by Crippen LogP contribution is 2.28. The Morgan fingerprint density at radius 1 is 1.44 bits per heavy atom. The van der Waals surface area contributed by atoms with Crippen molar-refractivity contribution in [3.63, 3.8) is 0 Å². The van der Waals surface area contributed by atoms with Gasteiger partial charge in [0.2, 0.25) is 0 Å². The summed E-state index contributed by atoms with van der Waals surface area (Å²) in [6.07, 6.45) is 4.64. The van der Waals surface area contributed by atoms with E-state index in [0.29, 0.717) is 0 Å². The molecular weight excluding hydrogens is 226 g/mol. The summed E-state index contributed by atoms with van der Waals surface area (Å²) in [6, 6.07) is 4.12. The van der Waals surface area contributed by atoms with Crippen LogP contribution in [-0.2, 0) is 11.3 Å². The molecule has 0 aromatic carbocycles. The van der Waals surface area contributed by atoms with Gasteiger partial charge in [0.05, 0.1) is 6.61 Å². The van der Waals surface area contributed by atoms with Crippen molar-refractivity contribution >= 4 is 5.82 Å². The highest BCUT2D eigenvalue weighted by Gasteiger charge is 2.20. The minimum absolute atomic E-state index is 0.828. The molecule has 0 bridgehead atoms. The van der Waals surface area contributed by atoms with Crippen LogP contribution in [0.2, 0.25) is 0 Å². The van der Waals surface area contributed by atoms with Crippen LogP contribution in [-0.4, -0.2) is 43.7 Å². The molecule has 18 heavy (non-hydrogen) atoms. The van der Waals surface area contributed by atoms with E-state index in [1.54, 1.807) is 0 Å². The first-order chi connectivity index (χ1) is 8.78. The standard InChI is InChI=1S/C14H23N3O/c1-15-14-6-5-13(9-16-14)10-17(2)7-8-18-11-12-3-4-12/h5-6,9,12H,3-4,7-8,10-11H2,1-2H3,(H,15,16). The third-order valence-electron chi connectivity index (χ3n) is 3.20. The lowest BCUT2D eigenvalue weighted by molar-refractivity contribution is 0.102. The molecule has 1 fully saturated rings. The fourth-order valence-corrected chi connectivity index (χ4v) is 1.81. The number of pyridine rings is 1. The second-order valence-electron chi connectivity index (χ2n) is 5.06. The van der Waals surface area contributed by atoms with E-state index < -0.39 is 0 Å². The molecule has 2 rings (SSSR count). The summed E-state index contributed by atoms with van der Waals surface area (Å²) in [4.78, 5) is 6.58. The van der Waals surface area contributed by atoms with E-state index in [1.165, 1.54) is 18.4 Å². The number of aromatic nitrogens is 1. The Morgan fingerprint density at radius 3 is 2.89 bits per heavy atom. The van der Waals surface area contributed by atoms with Crippen LogP contribution in [0.5, 0.6) is 0 Å². The number of hydrogen-bond donors (Lipinski definition) is 1. The number of rotatable bonds is 8. The van der Waals surface area contributed by atoms with Crippen LogP contribution >= 0.6 is 0 Å². The lowest BCUT2D eigenvalue weighted by Gasteiger charge is -2.16. The molecule has 0 aliphatic heterocycles. The number of hydrogen-bond acceptors (Lipinski definition) is 4. The van der Waals surface area contributed by atoms with Gasteiger partial charge >= 0.3 is 0 Å². The van der Waals surface area contributed by atoms with Crippen molar-refractivity contribution in [1.29, 1.82) is 0 Å². The van der Waals surface area contributed by atoms with Crippen molar-refractivity contribution in [1.82, 2.24) is 9.88 Å². The maximum absolute atomic E-state index is 5.64. The van der Waals surface area contributed by atoms with E-state index in [2.05, 4.69) is 28.3 Å². The minimum Gasteiger partial charge on any atom is -0.380 e. The predicted octanol–water partition coefficient (Wildman–Crippen LogP) is 1.98. The second-order valence-corrected chi connectivity index (χ2v) is 5.06. The van der Waals surface area contributed by atoms with Gasteiger partial charge in [-0.1, -0.05) is 6.07 Å².